The smallest absolute Gasteiger partial charge is 0.251 e. The summed E-state index contributed by atoms with van der Waals surface area (Å²) in [6, 6.07) is 11.8. The third kappa shape index (κ3) is 5.84. The molecule has 2 saturated heterocycles. The molecule has 2 fully saturated rings. The van der Waals surface area contributed by atoms with E-state index in [2.05, 4.69) is 20.6 Å². The highest BCUT2D eigenvalue weighted by molar-refractivity contribution is 5.97. The summed E-state index contributed by atoms with van der Waals surface area (Å²) in [5.41, 5.74) is 2.59. The molecular weight excluding hydrogens is 560 g/mol. The van der Waals surface area contributed by atoms with Crippen LogP contribution in [0, 0.1) is 11.6 Å². The summed E-state index contributed by atoms with van der Waals surface area (Å²) in [7, 11) is 0. The summed E-state index contributed by atoms with van der Waals surface area (Å²) in [5.74, 6) is -3.85. The zero-order valence-electron chi connectivity index (χ0n) is 23.2. The third-order valence-corrected chi connectivity index (χ3v) is 7.78. The zero-order valence-corrected chi connectivity index (χ0v) is 23.2. The lowest BCUT2D eigenvalue weighted by Crippen LogP contribution is -2.49. The summed E-state index contributed by atoms with van der Waals surface area (Å²) in [6.45, 7) is 2.22. The van der Waals surface area contributed by atoms with Gasteiger partial charge in [-0.15, -0.1) is 0 Å². The van der Waals surface area contributed by atoms with Crippen molar-refractivity contribution in [1.82, 2.24) is 25.5 Å². The highest BCUT2D eigenvalue weighted by Gasteiger charge is 2.52. The highest BCUT2D eigenvalue weighted by atomic mass is 19.1. The van der Waals surface area contributed by atoms with Crippen LogP contribution in [-0.4, -0.2) is 70.7 Å². The summed E-state index contributed by atoms with van der Waals surface area (Å²) in [6.07, 6.45) is 3.56. The number of benzene rings is 2. The van der Waals surface area contributed by atoms with Crippen molar-refractivity contribution < 1.29 is 32.6 Å². The van der Waals surface area contributed by atoms with Gasteiger partial charge in [0.05, 0.1) is 32.3 Å². The molecule has 3 N–H and O–H groups in total. The number of amides is 3. The average Bonchev–Trinajstić information content (AvgIpc) is 3.75. The van der Waals surface area contributed by atoms with Gasteiger partial charge < -0.3 is 30.0 Å². The molecule has 0 aliphatic carbocycles. The molecule has 6 rings (SSSR count). The van der Waals surface area contributed by atoms with Crippen molar-refractivity contribution in [3.8, 4) is 11.1 Å². The van der Waals surface area contributed by atoms with Crippen LogP contribution in [-0.2, 0) is 19.1 Å². The predicted octanol–water partition coefficient (Wildman–Crippen LogP) is 3.46. The second kappa shape index (κ2) is 11.5. The Bertz CT molecular complexity index is 1650. The molecule has 0 saturated carbocycles. The first kappa shape index (κ1) is 28.4. The number of carbonyl (C=O) groups is 3. The van der Waals surface area contributed by atoms with Gasteiger partial charge in [0.2, 0.25) is 11.8 Å². The van der Waals surface area contributed by atoms with Crippen molar-refractivity contribution in [2.45, 2.75) is 31.2 Å². The van der Waals surface area contributed by atoms with E-state index in [1.165, 1.54) is 35.2 Å². The second-order valence-corrected chi connectivity index (χ2v) is 10.7. The summed E-state index contributed by atoms with van der Waals surface area (Å²) in [5, 5.41) is 6.48. The molecule has 1 spiro atoms. The fraction of sp³-hybridized carbons (Fsp3) is 0.290. The molecule has 1 unspecified atom stereocenters. The van der Waals surface area contributed by atoms with Crippen LogP contribution in [0.2, 0.25) is 0 Å². The molecule has 0 bridgehead atoms. The van der Waals surface area contributed by atoms with E-state index in [-0.39, 0.29) is 42.6 Å². The quantitative estimate of drug-likeness (QED) is 0.303. The molecule has 4 aromatic rings. The average molecular weight is 590 g/mol. The Morgan fingerprint density at radius 1 is 1.09 bits per heavy atom. The Balaban J connectivity index is 1.11. The molecule has 10 nitrogen and oxygen atoms in total. The first-order chi connectivity index (χ1) is 20.7. The maximum Gasteiger partial charge on any atom is 0.251 e. The first-order valence-corrected chi connectivity index (χ1v) is 13.9. The number of ether oxygens (including phenoxy) is 2. The van der Waals surface area contributed by atoms with Crippen LogP contribution in [0.3, 0.4) is 0 Å². The molecule has 0 radical (unpaired) electrons. The number of H-pyrrole nitrogens is 1. The first-order valence-electron chi connectivity index (χ1n) is 13.9. The molecule has 2 aromatic carbocycles. The number of hydrogen-bond acceptors (Lipinski definition) is 6. The highest BCUT2D eigenvalue weighted by Crippen LogP contribution is 2.35. The minimum absolute atomic E-state index is 0.0458. The number of hydrogen-bond donors (Lipinski definition) is 3. The number of halogens is 2. The van der Waals surface area contributed by atoms with E-state index in [4.69, 9.17) is 9.47 Å². The van der Waals surface area contributed by atoms with Crippen molar-refractivity contribution in [2.75, 3.05) is 26.3 Å². The zero-order chi connectivity index (χ0) is 30.1. The van der Waals surface area contributed by atoms with Gasteiger partial charge in [-0.25, -0.2) is 8.78 Å². The number of nitrogens with one attached hydrogen (secondary N) is 3. The molecule has 43 heavy (non-hydrogen) atoms. The van der Waals surface area contributed by atoms with Gasteiger partial charge in [-0.05, 0) is 48.9 Å². The van der Waals surface area contributed by atoms with Gasteiger partial charge in [-0.3, -0.25) is 19.4 Å². The second-order valence-electron chi connectivity index (χ2n) is 10.7. The van der Waals surface area contributed by atoms with E-state index in [1.807, 2.05) is 19.1 Å². The Hall–Kier alpha value is -4.68. The number of likely N-dealkylation sites (tertiary alicyclic amines) is 1. The maximum absolute atomic E-state index is 14.1. The summed E-state index contributed by atoms with van der Waals surface area (Å²) >= 11 is 0. The Morgan fingerprint density at radius 3 is 2.58 bits per heavy atom. The Kier molecular flexibility index (Phi) is 7.63. The number of rotatable bonds is 7. The molecule has 3 amide bonds. The van der Waals surface area contributed by atoms with Crippen LogP contribution in [0.25, 0.3) is 22.0 Å². The normalized spacial score (nSPS) is 18.2. The molecular formula is C31H29F2N5O5. The minimum Gasteiger partial charge on any atom is -0.357 e. The lowest BCUT2D eigenvalue weighted by atomic mass is 10.0. The monoisotopic (exact) mass is 589 g/mol. The van der Waals surface area contributed by atoms with Crippen LogP contribution in [0.5, 0.6) is 0 Å². The van der Waals surface area contributed by atoms with E-state index < -0.39 is 35.3 Å². The van der Waals surface area contributed by atoms with Crippen LogP contribution in [0.1, 0.15) is 35.4 Å². The van der Waals surface area contributed by atoms with Crippen molar-refractivity contribution >= 4 is 28.6 Å². The number of pyridine rings is 1. The van der Waals surface area contributed by atoms with Gasteiger partial charge in [-0.1, -0.05) is 12.1 Å². The van der Waals surface area contributed by atoms with E-state index >= 15 is 0 Å². The standard InChI is InChI=1S/C31H29F2N5O5/c1-18(26-12-21-15-34-9-8-25(21)37-26)36-30(41)27-14-31(42-10-11-43-31)17-38(27)28(39)16-35-29(40)20-4-2-19(3-5-20)23-7-6-22(32)13-24(23)33/h2-9,12-13,15,18,27,37H,10-11,14,16-17H2,1H3,(H,35,40)(H,36,41)/t18?,27-/m0/s1. The van der Waals surface area contributed by atoms with E-state index in [0.29, 0.717) is 18.8 Å². The van der Waals surface area contributed by atoms with E-state index in [0.717, 1.165) is 28.7 Å². The number of nitrogens with zero attached hydrogens (tertiary/aromatic N) is 2. The van der Waals surface area contributed by atoms with Gasteiger partial charge >= 0.3 is 0 Å². The predicted molar refractivity (Wildman–Crippen MR) is 152 cm³/mol. The van der Waals surface area contributed by atoms with Crippen LogP contribution in [0.15, 0.2) is 67.0 Å². The van der Waals surface area contributed by atoms with Crippen LogP contribution in [0.4, 0.5) is 8.78 Å². The lowest BCUT2D eigenvalue weighted by Gasteiger charge is -2.25. The van der Waals surface area contributed by atoms with Gasteiger partial charge in [0.25, 0.3) is 5.91 Å². The SMILES string of the molecule is CC(NC(=O)[C@@H]1CC2(CN1C(=O)CNC(=O)c1ccc(-c3ccc(F)cc3F)cc1)OCCO2)c1cc2cnccc2[nH]1. The molecule has 2 atom stereocenters. The molecule has 2 aliphatic rings. The summed E-state index contributed by atoms with van der Waals surface area (Å²) < 4.78 is 39.0. The van der Waals surface area contributed by atoms with Crippen LogP contribution < -0.4 is 10.6 Å². The van der Waals surface area contributed by atoms with Gasteiger partial charge in [0.1, 0.15) is 17.7 Å². The van der Waals surface area contributed by atoms with E-state index in [1.54, 1.807) is 12.4 Å². The van der Waals surface area contributed by atoms with E-state index in [9.17, 15) is 23.2 Å². The molecule has 2 aromatic heterocycles. The van der Waals surface area contributed by atoms with Gasteiger partial charge in [0.15, 0.2) is 5.79 Å². The Morgan fingerprint density at radius 2 is 1.86 bits per heavy atom. The van der Waals surface area contributed by atoms with Crippen molar-refractivity contribution in [2.24, 2.45) is 0 Å². The largest absolute Gasteiger partial charge is 0.357 e. The fourth-order valence-electron chi connectivity index (χ4n) is 5.54. The number of aromatic nitrogens is 2. The number of aromatic amines is 1. The van der Waals surface area contributed by atoms with Crippen molar-refractivity contribution in [3.05, 3.63) is 89.9 Å². The molecule has 222 valence electrons. The number of carbonyl (C=O) groups excluding carboxylic acids is 3. The number of fused-ring (bicyclic) bond motifs is 1. The molecule has 2 aliphatic heterocycles. The maximum atomic E-state index is 14.1. The third-order valence-electron chi connectivity index (χ3n) is 7.78. The van der Waals surface area contributed by atoms with Crippen molar-refractivity contribution in [3.63, 3.8) is 0 Å². The minimum atomic E-state index is -1.08. The lowest BCUT2D eigenvalue weighted by molar-refractivity contribution is -0.152. The summed E-state index contributed by atoms with van der Waals surface area (Å²) in [4.78, 5) is 48.4. The Labute approximate surface area is 245 Å². The van der Waals surface area contributed by atoms with Gasteiger partial charge in [-0.2, -0.15) is 0 Å². The molecule has 12 heteroatoms. The fourth-order valence-corrected chi connectivity index (χ4v) is 5.54. The van der Waals surface area contributed by atoms with Crippen LogP contribution >= 0.6 is 0 Å². The van der Waals surface area contributed by atoms with Crippen molar-refractivity contribution in [1.29, 1.82) is 0 Å². The van der Waals surface area contributed by atoms with Gasteiger partial charge in [0, 0.05) is 52.6 Å². The topological polar surface area (TPSA) is 126 Å². The molecule has 4 heterocycles.